The molecule has 54 valence electrons. The van der Waals surface area contributed by atoms with Crippen LogP contribution in [0.4, 0.5) is 5.69 Å². The van der Waals surface area contributed by atoms with Gasteiger partial charge in [-0.05, 0) is 29.7 Å². The first-order valence-corrected chi connectivity index (χ1v) is 3.88. The van der Waals surface area contributed by atoms with Gasteiger partial charge in [-0.1, -0.05) is 12.1 Å². The maximum absolute atomic E-state index is 8.47. The third kappa shape index (κ3) is 1.93. The predicted octanol–water partition coefficient (Wildman–Crippen LogP) is 1.98. The average molecular weight is 155 g/mol. The summed E-state index contributed by atoms with van der Waals surface area (Å²) in [7, 11) is 0. The van der Waals surface area contributed by atoms with E-state index in [1.807, 2.05) is 24.3 Å². The highest BCUT2D eigenvalue weighted by molar-refractivity contribution is 7.92. The summed E-state index contributed by atoms with van der Waals surface area (Å²) in [5, 5.41) is 0. The normalized spacial score (nSPS) is 9.70. The second kappa shape index (κ2) is 3.49. The van der Waals surface area contributed by atoms with Crippen molar-refractivity contribution in [2.45, 2.75) is 5.75 Å². The molecule has 0 aliphatic heterocycles. The van der Waals surface area contributed by atoms with E-state index in [0.29, 0.717) is 5.75 Å². The van der Waals surface area contributed by atoms with Crippen molar-refractivity contribution in [1.29, 1.82) is 0 Å². The standard InChI is InChI=1S/C7H9NOS/c8-7-3-1-6(2-4-7)5-10-9/h1-4,9H,5,8H2. The largest absolute Gasteiger partial charge is 0.399 e. The minimum absolute atomic E-state index is 0.625. The molecular weight excluding hydrogens is 146 g/mol. The summed E-state index contributed by atoms with van der Waals surface area (Å²) in [6.45, 7) is 0. The Balaban J connectivity index is 2.69. The highest BCUT2D eigenvalue weighted by Crippen LogP contribution is 2.10. The first-order valence-electron chi connectivity index (χ1n) is 2.93. The number of hydrogen-bond acceptors (Lipinski definition) is 3. The summed E-state index contributed by atoms with van der Waals surface area (Å²) >= 11 is 0.820. The van der Waals surface area contributed by atoms with Gasteiger partial charge in [0.2, 0.25) is 0 Å². The van der Waals surface area contributed by atoms with Crippen molar-refractivity contribution >= 4 is 17.7 Å². The summed E-state index contributed by atoms with van der Waals surface area (Å²) in [5.41, 5.74) is 7.29. The van der Waals surface area contributed by atoms with Crippen LogP contribution >= 0.6 is 12.0 Å². The molecular formula is C7H9NOS. The zero-order valence-corrected chi connectivity index (χ0v) is 6.27. The van der Waals surface area contributed by atoms with Gasteiger partial charge >= 0.3 is 0 Å². The number of hydrogen-bond donors (Lipinski definition) is 2. The van der Waals surface area contributed by atoms with Crippen LogP contribution in [0.15, 0.2) is 24.3 Å². The van der Waals surface area contributed by atoms with Crippen molar-refractivity contribution in [3.63, 3.8) is 0 Å². The first kappa shape index (κ1) is 7.44. The van der Waals surface area contributed by atoms with Gasteiger partial charge in [-0.2, -0.15) is 0 Å². The molecule has 0 heterocycles. The third-order valence-electron chi connectivity index (χ3n) is 1.21. The number of anilines is 1. The Kier molecular flexibility index (Phi) is 2.59. The average Bonchev–Trinajstić information content (AvgIpc) is 1.95. The fourth-order valence-corrected chi connectivity index (χ4v) is 1.03. The van der Waals surface area contributed by atoms with Crippen LogP contribution in [0.3, 0.4) is 0 Å². The third-order valence-corrected chi connectivity index (χ3v) is 1.67. The molecule has 1 aromatic carbocycles. The number of benzene rings is 1. The molecule has 3 heteroatoms. The van der Waals surface area contributed by atoms with E-state index in [0.717, 1.165) is 23.3 Å². The summed E-state index contributed by atoms with van der Waals surface area (Å²) in [4.78, 5) is 0. The molecule has 0 amide bonds. The molecule has 0 aliphatic rings. The Morgan fingerprint density at radius 2 is 1.90 bits per heavy atom. The van der Waals surface area contributed by atoms with E-state index < -0.39 is 0 Å². The van der Waals surface area contributed by atoms with Crippen molar-refractivity contribution < 1.29 is 4.55 Å². The van der Waals surface area contributed by atoms with Crippen LogP contribution in [-0.4, -0.2) is 4.55 Å². The van der Waals surface area contributed by atoms with E-state index in [4.69, 9.17) is 10.3 Å². The van der Waals surface area contributed by atoms with Gasteiger partial charge in [0.1, 0.15) is 0 Å². The van der Waals surface area contributed by atoms with E-state index in [1.54, 1.807) is 0 Å². The molecule has 0 atom stereocenters. The van der Waals surface area contributed by atoms with Crippen molar-refractivity contribution in [3.8, 4) is 0 Å². The Hall–Kier alpha value is -0.670. The summed E-state index contributed by atoms with van der Waals surface area (Å²) in [6.07, 6.45) is 0. The van der Waals surface area contributed by atoms with Gasteiger partial charge in [0.25, 0.3) is 0 Å². The highest BCUT2D eigenvalue weighted by atomic mass is 32.2. The van der Waals surface area contributed by atoms with Gasteiger partial charge in [-0.3, -0.25) is 0 Å². The molecule has 0 spiro atoms. The van der Waals surface area contributed by atoms with Crippen molar-refractivity contribution in [2.75, 3.05) is 5.73 Å². The minimum Gasteiger partial charge on any atom is -0.399 e. The molecule has 2 nitrogen and oxygen atoms in total. The van der Waals surface area contributed by atoms with Gasteiger partial charge in [0.05, 0.1) is 0 Å². The van der Waals surface area contributed by atoms with E-state index in [1.165, 1.54) is 0 Å². The molecule has 1 rings (SSSR count). The smallest absolute Gasteiger partial charge is 0.0446 e. The maximum atomic E-state index is 8.47. The SMILES string of the molecule is Nc1ccc(CSO)cc1. The highest BCUT2D eigenvalue weighted by Gasteiger charge is 1.89. The van der Waals surface area contributed by atoms with Crippen LogP contribution in [0.5, 0.6) is 0 Å². The Labute approximate surface area is 64.3 Å². The molecule has 0 bridgehead atoms. The lowest BCUT2D eigenvalue weighted by Gasteiger charge is -1.96. The maximum Gasteiger partial charge on any atom is 0.0446 e. The molecule has 0 saturated heterocycles. The summed E-state index contributed by atoms with van der Waals surface area (Å²) in [5.74, 6) is 0.625. The van der Waals surface area contributed by atoms with E-state index in [-0.39, 0.29) is 0 Å². The predicted molar refractivity (Wildman–Crippen MR) is 44.8 cm³/mol. The Bertz CT molecular complexity index is 197. The molecule has 0 aliphatic carbocycles. The lowest BCUT2D eigenvalue weighted by Crippen LogP contribution is -1.84. The molecule has 0 aromatic heterocycles. The van der Waals surface area contributed by atoms with Crippen molar-refractivity contribution in [2.24, 2.45) is 0 Å². The minimum atomic E-state index is 0.625. The van der Waals surface area contributed by atoms with Crippen molar-refractivity contribution in [1.82, 2.24) is 0 Å². The zero-order valence-electron chi connectivity index (χ0n) is 5.45. The molecule has 0 radical (unpaired) electrons. The second-order valence-electron chi connectivity index (χ2n) is 2.02. The molecule has 1 aromatic rings. The topological polar surface area (TPSA) is 46.2 Å². The van der Waals surface area contributed by atoms with Crippen LogP contribution in [0, 0.1) is 0 Å². The Morgan fingerprint density at radius 1 is 1.30 bits per heavy atom. The van der Waals surface area contributed by atoms with Gasteiger partial charge in [0, 0.05) is 11.4 Å². The first-order chi connectivity index (χ1) is 4.83. The summed E-state index contributed by atoms with van der Waals surface area (Å²) < 4.78 is 8.47. The van der Waals surface area contributed by atoms with Crippen molar-refractivity contribution in [3.05, 3.63) is 29.8 Å². The van der Waals surface area contributed by atoms with Gasteiger partial charge in [0.15, 0.2) is 0 Å². The van der Waals surface area contributed by atoms with Crippen LogP contribution in [0.1, 0.15) is 5.56 Å². The van der Waals surface area contributed by atoms with Gasteiger partial charge in [-0.15, -0.1) is 0 Å². The van der Waals surface area contributed by atoms with Gasteiger partial charge in [-0.25, -0.2) is 0 Å². The van der Waals surface area contributed by atoms with E-state index in [9.17, 15) is 0 Å². The molecule has 0 saturated carbocycles. The molecule has 10 heavy (non-hydrogen) atoms. The van der Waals surface area contributed by atoms with Crippen LogP contribution in [0.2, 0.25) is 0 Å². The van der Waals surface area contributed by atoms with Gasteiger partial charge < -0.3 is 10.3 Å². The quantitative estimate of drug-likeness (QED) is 0.507. The monoisotopic (exact) mass is 155 g/mol. The lowest BCUT2D eigenvalue weighted by molar-refractivity contribution is 0.663. The second-order valence-corrected chi connectivity index (χ2v) is 2.56. The summed E-state index contributed by atoms with van der Waals surface area (Å²) in [6, 6.07) is 7.45. The zero-order chi connectivity index (χ0) is 7.40. The van der Waals surface area contributed by atoms with Crippen LogP contribution < -0.4 is 5.73 Å². The lowest BCUT2D eigenvalue weighted by atomic mass is 10.2. The number of rotatable bonds is 2. The molecule has 0 fully saturated rings. The van der Waals surface area contributed by atoms with E-state index >= 15 is 0 Å². The fraction of sp³-hybridized carbons (Fsp3) is 0.143. The Morgan fingerprint density at radius 3 is 2.40 bits per heavy atom. The number of nitrogen functional groups attached to an aromatic ring is 1. The molecule has 3 N–H and O–H groups in total. The number of nitrogens with two attached hydrogens (primary N) is 1. The van der Waals surface area contributed by atoms with Crippen LogP contribution in [0.25, 0.3) is 0 Å². The fourth-order valence-electron chi connectivity index (χ4n) is 0.688. The van der Waals surface area contributed by atoms with E-state index in [2.05, 4.69) is 0 Å². The van der Waals surface area contributed by atoms with Crippen LogP contribution in [-0.2, 0) is 5.75 Å². The molecule has 0 unspecified atom stereocenters.